The van der Waals surface area contributed by atoms with Gasteiger partial charge in [0.25, 0.3) is 0 Å². The Balaban J connectivity index is 2.06. The summed E-state index contributed by atoms with van der Waals surface area (Å²) in [5, 5.41) is 10.8. The Labute approximate surface area is 151 Å². The molecule has 0 aliphatic heterocycles. The van der Waals surface area contributed by atoms with Gasteiger partial charge < -0.3 is 9.84 Å². The minimum Gasteiger partial charge on any atom is -0.478 e. The monoisotopic (exact) mass is 352 g/mol. The number of fused-ring (bicyclic) bond motifs is 1. The first-order chi connectivity index (χ1) is 12.2. The average molecular weight is 352 g/mol. The Morgan fingerprint density at radius 1 is 1.15 bits per heavy atom. The molecule has 0 radical (unpaired) electrons. The predicted octanol–water partition coefficient (Wildman–Crippen LogP) is 4.49. The number of carbonyl (C=O) groups is 2. The molecule has 6 nitrogen and oxygen atoms in total. The molecule has 0 amide bonds. The lowest BCUT2D eigenvalue weighted by molar-refractivity contribution is 0.0532. The molecular weight excluding hydrogens is 332 g/mol. The van der Waals surface area contributed by atoms with Gasteiger partial charge in [-0.3, -0.25) is 0 Å². The number of aromatic nitrogens is 2. The van der Waals surface area contributed by atoms with Crippen LogP contribution in [0.4, 0.5) is 4.79 Å². The van der Waals surface area contributed by atoms with E-state index in [0.29, 0.717) is 11.5 Å². The molecule has 0 fully saturated rings. The molecule has 1 heterocycles. The summed E-state index contributed by atoms with van der Waals surface area (Å²) >= 11 is 0. The molecular formula is C20H20N2O4. The molecule has 6 heteroatoms. The second-order valence-electron chi connectivity index (χ2n) is 7.07. The summed E-state index contributed by atoms with van der Waals surface area (Å²) in [5.74, 6) is -0.448. The molecule has 26 heavy (non-hydrogen) atoms. The van der Waals surface area contributed by atoms with Gasteiger partial charge in [-0.05, 0) is 50.6 Å². The number of imidazole rings is 1. The van der Waals surface area contributed by atoms with E-state index in [1.54, 1.807) is 31.3 Å². The Morgan fingerprint density at radius 3 is 2.54 bits per heavy atom. The quantitative estimate of drug-likeness (QED) is 0.735. The first-order valence-electron chi connectivity index (χ1n) is 8.21. The zero-order valence-electron chi connectivity index (χ0n) is 15.1. The van der Waals surface area contributed by atoms with E-state index in [9.17, 15) is 9.59 Å². The minimum atomic E-state index is -0.970. The fourth-order valence-electron chi connectivity index (χ4n) is 2.74. The van der Waals surface area contributed by atoms with E-state index < -0.39 is 17.7 Å². The summed E-state index contributed by atoms with van der Waals surface area (Å²) in [5.41, 5.74) is 1.08. The first-order valence-corrected chi connectivity index (χ1v) is 8.21. The zero-order valence-corrected chi connectivity index (χ0v) is 15.1. The first kappa shape index (κ1) is 17.7. The van der Waals surface area contributed by atoms with Crippen molar-refractivity contribution in [1.82, 2.24) is 9.55 Å². The van der Waals surface area contributed by atoms with Crippen molar-refractivity contribution in [2.45, 2.75) is 33.3 Å². The maximum Gasteiger partial charge on any atom is 0.420 e. The van der Waals surface area contributed by atoms with Crippen LogP contribution in [0.15, 0.2) is 42.6 Å². The SMILES string of the molecule is Cc1nc(-c2cccc3cc(C(=O)O)ccc23)cn1C(=O)OC(C)(C)C. The van der Waals surface area contributed by atoms with Crippen LogP contribution in [0.1, 0.15) is 37.0 Å². The summed E-state index contributed by atoms with van der Waals surface area (Å²) in [7, 11) is 0. The minimum absolute atomic E-state index is 0.227. The normalized spacial score (nSPS) is 11.5. The van der Waals surface area contributed by atoms with Gasteiger partial charge in [0.2, 0.25) is 0 Å². The van der Waals surface area contributed by atoms with Gasteiger partial charge >= 0.3 is 12.1 Å². The average Bonchev–Trinajstić information content (AvgIpc) is 2.94. The summed E-state index contributed by atoms with van der Waals surface area (Å²) in [6, 6.07) is 10.5. The van der Waals surface area contributed by atoms with Gasteiger partial charge in [0.1, 0.15) is 11.4 Å². The molecule has 0 aliphatic rings. The van der Waals surface area contributed by atoms with Gasteiger partial charge in [-0.15, -0.1) is 0 Å². The highest BCUT2D eigenvalue weighted by Gasteiger charge is 2.20. The topological polar surface area (TPSA) is 81.4 Å². The fraction of sp³-hybridized carbons (Fsp3) is 0.250. The summed E-state index contributed by atoms with van der Waals surface area (Å²) in [6.07, 6.45) is 1.16. The molecule has 0 atom stereocenters. The lowest BCUT2D eigenvalue weighted by Crippen LogP contribution is -2.27. The van der Waals surface area contributed by atoms with Crippen LogP contribution in [-0.2, 0) is 4.74 Å². The zero-order chi connectivity index (χ0) is 19.1. The fourth-order valence-corrected chi connectivity index (χ4v) is 2.74. The number of nitrogens with zero attached hydrogens (tertiary/aromatic N) is 2. The summed E-state index contributed by atoms with van der Waals surface area (Å²) in [4.78, 5) is 28.0. The largest absolute Gasteiger partial charge is 0.478 e. The maximum atomic E-state index is 12.3. The standard InChI is InChI=1S/C20H20N2O4/c1-12-21-17(11-22(12)19(25)26-20(2,3)4)16-7-5-6-13-10-14(18(23)24)8-9-15(13)16/h5-11H,1-4H3,(H,23,24). The van der Waals surface area contributed by atoms with E-state index in [1.165, 1.54) is 4.57 Å². The van der Waals surface area contributed by atoms with Crippen LogP contribution in [0.3, 0.4) is 0 Å². The van der Waals surface area contributed by atoms with E-state index in [0.717, 1.165) is 16.3 Å². The number of hydrogen-bond donors (Lipinski definition) is 1. The van der Waals surface area contributed by atoms with Crippen molar-refractivity contribution >= 4 is 22.8 Å². The van der Waals surface area contributed by atoms with Gasteiger partial charge in [0.15, 0.2) is 0 Å². The van der Waals surface area contributed by atoms with Gasteiger partial charge in [-0.2, -0.15) is 0 Å². The van der Waals surface area contributed by atoms with E-state index in [4.69, 9.17) is 9.84 Å². The van der Waals surface area contributed by atoms with E-state index in [1.807, 2.05) is 39.0 Å². The number of benzene rings is 2. The van der Waals surface area contributed by atoms with Crippen molar-refractivity contribution in [2.75, 3.05) is 0 Å². The number of carboxylic acid groups (broad SMARTS) is 1. The molecule has 0 saturated heterocycles. The molecule has 3 rings (SSSR count). The van der Waals surface area contributed by atoms with Gasteiger partial charge in [0, 0.05) is 11.8 Å². The lowest BCUT2D eigenvalue weighted by atomic mass is 10.0. The Hall–Kier alpha value is -3.15. The Bertz CT molecular complexity index is 1010. The molecule has 1 aromatic heterocycles. The van der Waals surface area contributed by atoms with Crippen molar-refractivity contribution in [1.29, 1.82) is 0 Å². The van der Waals surface area contributed by atoms with E-state index in [-0.39, 0.29) is 5.56 Å². The van der Waals surface area contributed by atoms with Crippen LogP contribution in [0.25, 0.3) is 22.0 Å². The third-order valence-corrected chi connectivity index (χ3v) is 3.88. The highest BCUT2D eigenvalue weighted by Crippen LogP contribution is 2.29. The summed E-state index contributed by atoms with van der Waals surface area (Å²) < 4.78 is 6.78. The molecule has 0 unspecified atom stereocenters. The van der Waals surface area contributed by atoms with Crippen molar-refractivity contribution in [2.24, 2.45) is 0 Å². The third-order valence-electron chi connectivity index (χ3n) is 3.88. The lowest BCUT2D eigenvalue weighted by Gasteiger charge is -2.19. The van der Waals surface area contributed by atoms with Crippen LogP contribution in [0.5, 0.6) is 0 Å². The van der Waals surface area contributed by atoms with Crippen molar-refractivity contribution in [3.63, 3.8) is 0 Å². The van der Waals surface area contributed by atoms with E-state index >= 15 is 0 Å². The number of aromatic carboxylic acids is 1. The predicted molar refractivity (Wildman–Crippen MR) is 98.5 cm³/mol. The van der Waals surface area contributed by atoms with E-state index in [2.05, 4.69) is 4.98 Å². The summed E-state index contributed by atoms with van der Waals surface area (Å²) in [6.45, 7) is 7.16. The van der Waals surface area contributed by atoms with Crippen molar-refractivity contribution < 1.29 is 19.4 Å². The van der Waals surface area contributed by atoms with Crippen LogP contribution < -0.4 is 0 Å². The Kier molecular flexibility index (Phi) is 4.28. The third kappa shape index (κ3) is 3.44. The van der Waals surface area contributed by atoms with Crippen LogP contribution in [-0.4, -0.2) is 32.3 Å². The molecule has 0 bridgehead atoms. The molecule has 1 N–H and O–H groups in total. The highest BCUT2D eigenvalue weighted by atomic mass is 16.6. The number of carbonyl (C=O) groups excluding carboxylic acids is 1. The number of rotatable bonds is 2. The smallest absolute Gasteiger partial charge is 0.420 e. The van der Waals surface area contributed by atoms with Gasteiger partial charge in [0.05, 0.1) is 11.3 Å². The number of hydrogen-bond acceptors (Lipinski definition) is 4. The van der Waals surface area contributed by atoms with Gasteiger partial charge in [-0.1, -0.05) is 24.3 Å². The molecule has 0 aliphatic carbocycles. The number of aryl methyl sites for hydroxylation is 1. The number of ether oxygens (including phenoxy) is 1. The molecule has 2 aromatic carbocycles. The van der Waals surface area contributed by atoms with Crippen LogP contribution in [0, 0.1) is 6.92 Å². The second-order valence-corrected chi connectivity index (χ2v) is 7.07. The van der Waals surface area contributed by atoms with Crippen LogP contribution in [0.2, 0.25) is 0 Å². The molecule has 134 valence electrons. The molecule has 0 spiro atoms. The number of carboxylic acids is 1. The van der Waals surface area contributed by atoms with Gasteiger partial charge in [-0.25, -0.2) is 19.1 Å². The molecule has 0 saturated carbocycles. The van der Waals surface area contributed by atoms with Crippen LogP contribution >= 0.6 is 0 Å². The second kappa shape index (κ2) is 6.29. The Morgan fingerprint density at radius 2 is 1.88 bits per heavy atom. The maximum absolute atomic E-state index is 12.3. The molecule has 3 aromatic rings. The van der Waals surface area contributed by atoms with Crippen molar-refractivity contribution in [3.05, 3.63) is 54.0 Å². The highest BCUT2D eigenvalue weighted by molar-refractivity contribution is 6.00. The van der Waals surface area contributed by atoms with Crippen molar-refractivity contribution in [3.8, 4) is 11.3 Å².